The quantitative estimate of drug-likeness (QED) is 0.109. The molecule has 0 fully saturated rings. The Morgan fingerprint density at radius 3 is 1.92 bits per heavy atom. The number of nitrogens with one attached hydrogen (secondary N) is 3. The van der Waals surface area contributed by atoms with Gasteiger partial charge in [0.25, 0.3) is 5.91 Å². The zero-order valence-corrected chi connectivity index (χ0v) is 30.2. The van der Waals surface area contributed by atoms with E-state index in [1.807, 2.05) is 13.8 Å². The molecule has 14 nitrogen and oxygen atoms in total. The number of methoxy groups -OCH3 is 2. The summed E-state index contributed by atoms with van der Waals surface area (Å²) in [6.07, 6.45) is -0.539. The molecule has 0 aliphatic heterocycles. The molecule has 3 aromatic heterocycles. The number of carbonyl (C=O) groups excluding carboxylic acids is 3. The Kier molecular flexibility index (Phi) is 12.4. The van der Waals surface area contributed by atoms with Crippen LogP contribution in [0.5, 0.6) is 11.8 Å². The first-order valence-corrected chi connectivity index (χ1v) is 17.1. The number of hydrogen-bond acceptors (Lipinski definition) is 11. The van der Waals surface area contributed by atoms with Gasteiger partial charge in [-0.05, 0) is 66.8 Å². The van der Waals surface area contributed by atoms with Crippen molar-refractivity contribution in [1.82, 2.24) is 20.4 Å². The molecule has 3 heterocycles. The second-order valence-electron chi connectivity index (χ2n) is 11.7. The van der Waals surface area contributed by atoms with Crippen molar-refractivity contribution in [2.75, 3.05) is 41.7 Å². The molecule has 0 spiro atoms. The molecule has 4 amide bonds. The molecule has 5 aromatic rings. The summed E-state index contributed by atoms with van der Waals surface area (Å²) in [5.74, 6) is -1.54. The molecular weight excluding hydrogens is 711 g/mol. The van der Waals surface area contributed by atoms with Crippen LogP contribution in [0.2, 0.25) is 0 Å². The highest BCUT2D eigenvalue weighted by Gasteiger charge is 2.33. The molecule has 0 atom stereocenters. The number of carbonyl (C=O) groups is 3. The normalized spacial score (nSPS) is 10.8. The minimum Gasteiger partial charge on any atom is -0.480 e. The van der Waals surface area contributed by atoms with Crippen molar-refractivity contribution in [2.24, 2.45) is 5.92 Å². The van der Waals surface area contributed by atoms with E-state index in [0.717, 1.165) is 28.4 Å². The minimum absolute atomic E-state index is 0.0225. The predicted molar refractivity (Wildman–Crippen MR) is 196 cm³/mol. The molecule has 53 heavy (non-hydrogen) atoms. The van der Waals surface area contributed by atoms with Crippen LogP contribution in [-0.4, -0.2) is 59.3 Å². The van der Waals surface area contributed by atoms with E-state index in [4.69, 9.17) is 14.2 Å². The topological polar surface area (TPSA) is 170 Å². The van der Waals surface area contributed by atoms with Gasteiger partial charge in [0.1, 0.15) is 16.6 Å². The van der Waals surface area contributed by atoms with Gasteiger partial charge in [0.05, 0.1) is 32.9 Å². The van der Waals surface area contributed by atoms with Crippen LogP contribution < -0.4 is 30.3 Å². The summed E-state index contributed by atoms with van der Waals surface area (Å²) in [5, 5.41) is 23.8. The van der Waals surface area contributed by atoms with E-state index in [1.54, 1.807) is 37.3 Å². The van der Waals surface area contributed by atoms with Gasteiger partial charge in [0.15, 0.2) is 11.6 Å². The molecular formula is C36H36F2N8O6S. The van der Waals surface area contributed by atoms with Gasteiger partial charge < -0.3 is 24.8 Å². The van der Waals surface area contributed by atoms with Gasteiger partial charge in [-0.15, -0.1) is 31.7 Å². The maximum absolute atomic E-state index is 15.0. The lowest BCUT2D eigenvalue weighted by atomic mass is 9.96. The lowest BCUT2D eigenvalue weighted by Crippen LogP contribution is -2.33. The predicted octanol–water partition coefficient (Wildman–Crippen LogP) is 7.55. The van der Waals surface area contributed by atoms with Gasteiger partial charge in [-0.2, -0.15) is 0 Å². The average Bonchev–Trinajstić information content (AvgIpc) is 3.50. The Morgan fingerprint density at radius 2 is 1.40 bits per heavy atom. The van der Waals surface area contributed by atoms with E-state index >= 15 is 8.78 Å². The number of rotatable bonds is 13. The van der Waals surface area contributed by atoms with E-state index in [1.165, 1.54) is 38.5 Å². The van der Waals surface area contributed by atoms with Crippen molar-refractivity contribution in [2.45, 2.75) is 33.7 Å². The monoisotopic (exact) mass is 746 g/mol. The third-order valence-corrected chi connectivity index (χ3v) is 8.83. The summed E-state index contributed by atoms with van der Waals surface area (Å²) in [7, 11) is 2.88. The number of amides is 4. The smallest absolute Gasteiger partial charge is 0.415 e. The number of ether oxygens (including phenoxy) is 3. The van der Waals surface area contributed by atoms with Crippen molar-refractivity contribution >= 4 is 51.7 Å². The van der Waals surface area contributed by atoms with Crippen molar-refractivity contribution in [3.63, 3.8) is 0 Å². The fraction of sp³-hybridized carbons (Fsp3) is 0.250. The first-order chi connectivity index (χ1) is 25.5. The number of anilines is 4. The Morgan fingerprint density at radius 1 is 0.792 bits per heavy atom. The van der Waals surface area contributed by atoms with E-state index in [0.29, 0.717) is 34.0 Å². The van der Waals surface area contributed by atoms with Gasteiger partial charge in [-0.1, -0.05) is 32.0 Å². The van der Waals surface area contributed by atoms with Crippen LogP contribution in [0.15, 0.2) is 66.7 Å². The number of aromatic nitrogens is 4. The number of thiophene rings is 1. The second-order valence-corrected chi connectivity index (χ2v) is 12.7. The zero-order valence-electron chi connectivity index (χ0n) is 29.4. The maximum atomic E-state index is 15.0. The van der Waals surface area contributed by atoms with Crippen molar-refractivity contribution in [3.8, 4) is 22.2 Å². The molecule has 276 valence electrons. The van der Waals surface area contributed by atoms with Crippen LogP contribution in [-0.2, 0) is 17.7 Å². The third-order valence-electron chi connectivity index (χ3n) is 7.53. The lowest BCUT2D eigenvalue weighted by molar-refractivity contribution is 0.102. The molecule has 2 aromatic carbocycles. The Balaban J connectivity index is 1.58. The number of halogens is 2. The standard InChI is InChI=1S/C36H36F2N8O6S/c1-6-52-36(49)46(19-24-25(37)8-7-9-26(24)38)34-31(33(47)40-27-14-16-29(50-4)44-42-27)23(18-20(2)3)32(53-34)21-10-12-22(13-11-21)39-35(48)41-28-15-17-30(51-5)45-43-28/h7-17,20H,6,18-19H2,1-5H3,(H,40,42,47)(H2,39,41,43,48). The van der Waals surface area contributed by atoms with Crippen LogP contribution in [0.4, 0.5) is 40.7 Å². The Bertz CT molecular complexity index is 2040. The van der Waals surface area contributed by atoms with E-state index < -0.39 is 36.2 Å². The van der Waals surface area contributed by atoms with Crippen molar-refractivity contribution in [1.29, 1.82) is 0 Å². The SMILES string of the molecule is CCOC(=O)N(Cc1c(F)cccc1F)c1sc(-c2ccc(NC(=O)Nc3ccc(OC)nn3)cc2)c(CC(C)C)c1C(=O)Nc1ccc(OC)nn1. The summed E-state index contributed by atoms with van der Waals surface area (Å²) < 4.78 is 45.5. The summed E-state index contributed by atoms with van der Waals surface area (Å²) in [6.45, 7) is 4.92. The Labute approximate surface area is 307 Å². The first kappa shape index (κ1) is 38.0. The fourth-order valence-corrected chi connectivity index (χ4v) is 6.45. The van der Waals surface area contributed by atoms with E-state index in [9.17, 15) is 14.4 Å². The molecule has 0 radical (unpaired) electrons. The number of nitrogens with zero attached hydrogens (tertiary/aromatic N) is 5. The van der Waals surface area contributed by atoms with Crippen LogP contribution in [0.25, 0.3) is 10.4 Å². The maximum Gasteiger partial charge on any atom is 0.415 e. The fourth-order valence-electron chi connectivity index (χ4n) is 5.13. The molecule has 5 rings (SSSR count). The molecule has 0 bridgehead atoms. The largest absolute Gasteiger partial charge is 0.480 e. The summed E-state index contributed by atoms with van der Waals surface area (Å²) in [6, 6.07) is 15.7. The highest BCUT2D eigenvalue weighted by Crippen LogP contribution is 2.45. The molecule has 0 aliphatic rings. The Hall–Kier alpha value is -6.23. The highest BCUT2D eigenvalue weighted by atomic mass is 32.1. The zero-order chi connectivity index (χ0) is 38.1. The van der Waals surface area contributed by atoms with Gasteiger partial charge in [0.2, 0.25) is 11.8 Å². The third kappa shape index (κ3) is 9.36. The summed E-state index contributed by atoms with van der Waals surface area (Å²) in [4.78, 5) is 42.2. The van der Waals surface area contributed by atoms with Crippen molar-refractivity contribution < 1.29 is 37.4 Å². The molecule has 0 saturated heterocycles. The average molecular weight is 747 g/mol. The number of benzene rings is 2. The molecule has 0 aliphatic carbocycles. The van der Waals surface area contributed by atoms with Crippen molar-refractivity contribution in [3.05, 3.63) is 95.1 Å². The summed E-state index contributed by atoms with van der Waals surface area (Å²) >= 11 is 1.08. The molecule has 17 heteroatoms. The van der Waals surface area contributed by atoms with Crippen LogP contribution in [0.1, 0.15) is 42.3 Å². The highest BCUT2D eigenvalue weighted by molar-refractivity contribution is 7.20. The first-order valence-electron chi connectivity index (χ1n) is 16.3. The number of urea groups is 1. The van der Waals surface area contributed by atoms with Gasteiger partial charge in [-0.3, -0.25) is 15.0 Å². The minimum atomic E-state index is -0.913. The lowest BCUT2D eigenvalue weighted by Gasteiger charge is -2.23. The van der Waals surface area contributed by atoms with E-state index in [-0.39, 0.29) is 46.2 Å². The number of hydrogen-bond donors (Lipinski definition) is 3. The summed E-state index contributed by atoms with van der Waals surface area (Å²) in [5.41, 5.74) is 1.35. The molecule has 0 unspecified atom stereocenters. The van der Waals surface area contributed by atoms with Crippen LogP contribution >= 0.6 is 11.3 Å². The van der Waals surface area contributed by atoms with E-state index in [2.05, 4.69) is 36.3 Å². The van der Waals surface area contributed by atoms with Gasteiger partial charge in [0, 0.05) is 28.3 Å². The molecule has 0 saturated carbocycles. The van der Waals surface area contributed by atoms with Crippen LogP contribution in [0, 0.1) is 17.6 Å². The van der Waals surface area contributed by atoms with Crippen LogP contribution in [0.3, 0.4) is 0 Å². The molecule has 3 N–H and O–H groups in total. The van der Waals surface area contributed by atoms with Gasteiger partial charge in [-0.25, -0.2) is 18.4 Å². The second kappa shape index (κ2) is 17.3. The van der Waals surface area contributed by atoms with Gasteiger partial charge >= 0.3 is 12.1 Å².